The highest BCUT2D eigenvalue weighted by atomic mass is 79.9. The molecule has 0 fully saturated rings. The Bertz CT molecular complexity index is 552. The lowest BCUT2D eigenvalue weighted by Crippen LogP contribution is -2.26. The lowest BCUT2D eigenvalue weighted by molar-refractivity contribution is -0.120. The highest BCUT2D eigenvalue weighted by molar-refractivity contribution is 9.11. The van der Waals surface area contributed by atoms with Gasteiger partial charge in [0, 0.05) is 4.48 Å². The Balaban J connectivity index is 2.31. The molecule has 0 aliphatic heterocycles. The van der Waals surface area contributed by atoms with Gasteiger partial charge < -0.3 is 0 Å². The van der Waals surface area contributed by atoms with Gasteiger partial charge in [-0.2, -0.15) is 0 Å². The molecule has 2 rings (SSSR count). The van der Waals surface area contributed by atoms with Crippen LogP contribution in [0, 0.1) is 5.41 Å². The van der Waals surface area contributed by atoms with Gasteiger partial charge in [0.1, 0.15) is 0 Å². The predicted octanol–water partition coefficient (Wildman–Crippen LogP) is 4.51. The van der Waals surface area contributed by atoms with Gasteiger partial charge in [0.05, 0.1) is 5.41 Å². The van der Waals surface area contributed by atoms with Gasteiger partial charge in [-0.1, -0.05) is 64.5 Å². The number of halogens is 1. The normalized spacial score (nSPS) is 24.1. The zero-order valence-electron chi connectivity index (χ0n) is 10.5. The van der Waals surface area contributed by atoms with Gasteiger partial charge >= 0.3 is 0 Å². The number of hydrogen-bond acceptors (Lipinski definition) is 1. The highest BCUT2D eigenvalue weighted by Crippen LogP contribution is 2.34. The Hall–Kier alpha value is -1.41. The van der Waals surface area contributed by atoms with E-state index in [9.17, 15) is 4.79 Å². The molecule has 0 heterocycles. The van der Waals surface area contributed by atoms with Crippen molar-refractivity contribution in [3.8, 4) is 0 Å². The maximum absolute atomic E-state index is 12.2. The molecule has 0 radical (unpaired) electrons. The molecule has 1 aliphatic carbocycles. The molecule has 1 atom stereocenters. The number of carbonyl (C=O) groups excluding carboxylic acids is 1. The monoisotopic (exact) mass is 302 g/mol. The van der Waals surface area contributed by atoms with E-state index in [0.29, 0.717) is 0 Å². The number of hydrogen-bond donors (Lipinski definition) is 0. The summed E-state index contributed by atoms with van der Waals surface area (Å²) in [6.07, 6.45) is 7.76. The average molecular weight is 303 g/mol. The molecule has 18 heavy (non-hydrogen) atoms. The fraction of sp³-hybridized carbons (Fsp3) is 0.188. The van der Waals surface area contributed by atoms with E-state index in [1.165, 1.54) is 0 Å². The molecule has 92 valence electrons. The minimum atomic E-state index is -0.562. The number of ketones is 1. The van der Waals surface area contributed by atoms with Crippen LogP contribution in [0.3, 0.4) is 0 Å². The van der Waals surface area contributed by atoms with Crippen LogP contribution in [-0.4, -0.2) is 5.78 Å². The van der Waals surface area contributed by atoms with Crippen LogP contribution >= 0.6 is 15.9 Å². The minimum Gasteiger partial charge on any atom is -0.293 e. The smallest absolute Gasteiger partial charge is 0.172 e. The Morgan fingerprint density at radius 2 is 1.89 bits per heavy atom. The fourth-order valence-corrected chi connectivity index (χ4v) is 2.87. The van der Waals surface area contributed by atoms with Crippen LogP contribution in [0.4, 0.5) is 0 Å². The second-order valence-corrected chi connectivity index (χ2v) is 5.63. The van der Waals surface area contributed by atoms with Crippen molar-refractivity contribution in [1.82, 2.24) is 0 Å². The van der Waals surface area contributed by atoms with Crippen molar-refractivity contribution in [3.05, 3.63) is 64.2 Å². The number of allylic oxidation sites excluding steroid dienone is 5. The van der Waals surface area contributed by atoms with Crippen molar-refractivity contribution >= 4 is 27.8 Å². The number of Topliss-reactive ketones (excluding diaryl/α,β-unsaturated/α-hetero) is 1. The summed E-state index contributed by atoms with van der Waals surface area (Å²) in [5.74, 6) is 0.151. The maximum Gasteiger partial charge on any atom is 0.172 e. The van der Waals surface area contributed by atoms with Crippen LogP contribution < -0.4 is 0 Å². The first-order valence-electron chi connectivity index (χ1n) is 5.87. The number of benzene rings is 1. The molecule has 1 aromatic rings. The summed E-state index contributed by atoms with van der Waals surface area (Å²) < 4.78 is 0.958. The quantitative estimate of drug-likeness (QED) is 0.785. The standard InChI is InChI=1S/C16H15BrO/c1-12-10-14(17)11-16(2,15(12)18)9-8-13-6-4-3-5-7-13/h3-11H,1-2H3/b9-8+. The number of rotatable bonds is 2. The molecular weight excluding hydrogens is 288 g/mol. The topological polar surface area (TPSA) is 17.1 Å². The van der Waals surface area contributed by atoms with Gasteiger partial charge in [0.15, 0.2) is 5.78 Å². The summed E-state index contributed by atoms with van der Waals surface area (Å²) >= 11 is 3.46. The molecule has 0 bridgehead atoms. The average Bonchev–Trinajstić information content (AvgIpc) is 2.35. The first-order valence-corrected chi connectivity index (χ1v) is 6.66. The molecule has 0 aromatic heterocycles. The van der Waals surface area contributed by atoms with Gasteiger partial charge in [0.25, 0.3) is 0 Å². The van der Waals surface area contributed by atoms with Gasteiger partial charge in [-0.15, -0.1) is 0 Å². The third-order valence-corrected chi connectivity index (χ3v) is 3.52. The second kappa shape index (κ2) is 5.07. The summed E-state index contributed by atoms with van der Waals surface area (Å²) in [5.41, 5.74) is 1.32. The summed E-state index contributed by atoms with van der Waals surface area (Å²) in [6, 6.07) is 10.0. The van der Waals surface area contributed by atoms with E-state index in [4.69, 9.17) is 0 Å². The minimum absolute atomic E-state index is 0.151. The van der Waals surface area contributed by atoms with E-state index in [1.54, 1.807) is 0 Å². The van der Waals surface area contributed by atoms with E-state index in [-0.39, 0.29) is 5.78 Å². The van der Waals surface area contributed by atoms with Gasteiger partial charge in [-0.05, 0) is 31.1 Å². The molecule has 0 saturated carbocycles. The van der Waals surface area contributed by atoms with Crippen LogP contribution in [-0.2, 0) is 4.79 Å². The van der Waals surface area contributed by atoms with E-state index >= 15 is 0 Å². The van der Waals surface area contributed by atoms with Gasteiger partial charge in [0.2, 0.25) is 0 Å². The van der Waals surface area contributed by atoms with Crippen LogP contribution in [0.1, 0.15) is 19.4 Å². The first-order chi connectivity index (χ1) is 8.51. The van der Waals surface area contributed by atoms with Crippen LogP contribution in [0.2, 0.25) is 0 Å². The lowest BCUT2D eigenvalue weighted by atomic mass is 9.78. The summed E-state index contributed by atoms with van der Waals surface area (Å²) in [5, 5.41) is 0. The van der Waals surface area contributed by atoms with Crippen LogP contribution in [0.15, 0.2) is 58.6 Å². The summed E-state index contributed by atoms with van der Waals surface area (Å²) in [4.78, 5) is 12.2. The molecular formula is C16H15BrO. The molecule has 0 N–H and O–H groups in total. The van der Waals surface area contributed by atoms with Crippen LogP contribution in [0.5, 0.6) is 0 Å². The zero-order chi connectivity index (χ0) is 13.2. The molecule has 1 aromatic carbocycles. The lowest BCUT2D eigenvalue weighted by Gasteiger charge is -2.24. The molecule has 0 amide bonds. The maximum atomic E-state index is 12.2. The zero-order valence-corrected chi connectivity index (χ0v) is 12.1. The third-order valence-electron chi connectivity index (χ3n) is 3.06. The largest absolute Gasteiger partial charge is 0.293 e. The Morgan fingerprint density at radius 1 is 1.22 bits per heavy atom. The first kappa shape index (κ1) is 13.0. The van der Waals surface area contributed by atoms with E-state index in [1.807, 2.05) is 68.5 Å². The summed E-state index contributed by atoms with van der Waals surface area (Å²) in [7, 11) is 0. The SMILES string of the molecule is CC1=CC(Br)=CC(C)(/C=C/c2ccccc2)C1=O. The molecule has 1 nitrogen and oxygen atoms in total. The van der Waals surface area contributed by atoms with E-state index < -0.39 is 5.41 Å². The van der Waals surface area contributed by atoms with E-state index in [2.05, 4.69) is 15.9 Å². The van der Waals surface area contributed by atoms with Gasteiger partial charge in [-0.3, -0.25) is 4.79 Å². The van der Waals surface area contributed by atoms with E-state index in [0.717, 1.165) is 15.6 Å². The van der Waals surface area contributed by atoms with Crippen molar-refractivity contribution < 1.29 is 4.79 Å². The summed E-state index contributed by atoms with van der Waals surface area (Å²) in [6.45, 7) is 3.79. The third kappa shape index (κ3) is 2.70. The van der Waals surface area contributed by atoms with Crippen molar-refractivity contribution in [2.24, 2.45) is 5.41 Å². The molecule has 1 unspecified atom stereocenters. The van der Waals surface area contributed by atoms with Crippen LogP contribution in [0.25, 0.3) is 6.08 Å². The van der Waals surface area contributed by atoms with Crippen molar-refractivity contribution in [2.45, 2.75) is 13.8 Å². The Labute approximate surface area is 116 Å². The predicted molar refractivity (Wildman–Crippen MR) is 79.4 cm³/mol. The second-order valence-electron chi connectivity index (χ2n) is 4.71. The van der Waals surface area contributed by atoms with Crippen molar-refractivity contribution in [1.29, 1.82) is 0 Å². The molecule has 2 heteroatoms. The fourth-order valence-electron chi connectivity index (χ4n) is 2.05. The number of carbonyl (C=O) groups is 1. The Kier molecular flexibility index (Phi) is 3.67. The molecule has 1 aliphatic rings. The van der Waals surface area contributed by atoms with Crippen molar-refractivity contribution in [3.63, 3.8) is 0 Å². The Morgan fingerprint density at radius 3 is 2.56 bits per heavy atom. The molecule has 0 saturated heterocycles. The van der Waals surface area contributed by atoms with Crippen molar-refractivity contribution in [2.75, 3.05) is 0 Å². The molecule has 0 spiro atoms. The van der Waals surface area contributed by atoms with Gasteiger partial charge in [-0.25, -0.2) is 0 Å². The highest BCUT2D eigenvalue weighted by Gasteiger charge is 2.31.